The van der Waals surface area contributed by atoms with Crippen LogP contribution in [-0.2, 0) is 11.2 Å². The zero-order valence-corrected chi connectivity index (χ0v) is 10.1. The third kappa shape index (κ3) is 2.56. The van der Waals surface area contributed by atoms with Crippen LogP contribution in [0.3, 0.4) is 0 Å². The average molecular weight is 230 g/mol. The Morgan fingerprint density at radius 3 is 3.06 bits per heavy atom. The van der Waals surface area contributed by atoms with Crippen LogP contribution >= 0.6 is 0 Å². The maximum Gasteiger partial charge on any atom is 0.223 e. The molecule has 2 rings (SSSR count). The molecular weight excluding hydrogens is 212 g/mol. The van der Waals surface area contributed by atoms with E-state index < -0.39 is 0 Å². The van der Waals surface area contributed by atoms with Crippen LogP contribution < -0.4 is 10.6 Å². The third-order valence-corrected chi connectivity index (χ3v) is 3.02. The van der Waals surface area contributed by atoms with Crippen molar-refractivity contribution in [3.63, 3.8) is 0 Å². The van der Waals surface area contributed by atoms with Crippen molar-refractivity contribution in [1.29, 1.82) is 0 Å². The van der Waals surface area contributed by atoms with Crippen molar-refractivity contribution in [3.05, 3.63) is 35.4 Å². The molecule has 1 aliphatic heterocycles. The second-order valence-electron chi connectivity index (χ2n) is 4.29. The fourth-order valence-corrected chi connectivity index (χ4v) is 2.17. The quantitative estimate of drug-likeness (QED) is 0.862. The molecule has 0 aliphatic carbocycles. The Hall–Kier alpha value is -1.61. The number of rotatable bonds is 3. The number of nitrogens with zero attached hydrogens (tertiary/aromatic N) is 1. The molecule has 2 N–H and O–H groups in total. The maximum atomic E-state index is 11.4. The van der Waals surface area contributed by atoms with Crippen LogP contribution in [0.25, 0.3) is 6.08 Å². The van der Waals surface area contributed by atoms with Gasteiger partial charge in [-0.3, -0.25) is 4.79 Å². The van der Waals surface area contributed by atoms with E-state index in [0.29, 0.717) is 6.54 Å². The number of carbonyl (C=O) groups is 1. The van der Waals surface area contributed by atoms with Crippen LogP contribution in [0.5, 0.6) is 0 Å². The monoisotopic (exact) mass is 230 g/mol. The van der Waals surface area contributed by atoms with Crippen LogP contribution in [0.4, 0.5) is 5.69 Å². The Kier molecular flexibility index (Phi) is 3.59. The molecule has 3 heteroatoms. The second-order valence-corrected chi connectivity index (χ2v) is 4.29. The summed E-state index contributed by atoms with van der Waals surface area (Å²) < 4.78 is 0. The number of hydrogen-bond acceptors (Lipinski definition) is 2. The average Bonchev–Trinajstić information content (AvgIpc) is 2.72. The number of hydrogen-bond donors (Lipinski definition) is 1. The summed E-state index contributed by atoms with van der Waals surface area (Å²) in [7, 11) is 0. The lowest BCUT2D eigenvalue weighted by Gasteiger charge is -2.14. The first-order valence-corrected chi connectivity index (χ1v) is 6.00. The second kappa shape index (κ2) is 5.15. The molecule has 0 atom stereocenters. The summed E-state index contributed by atoms with van der Waals surface area (Å²) in [4.78, 5) is 13.2. The molecule has 3 nitrogen and oxygen atoms in total. The topological polar surface area (TPSA) is 46.3 Å². The van der Waals surface area contributed by atoms with Crippen molar-refractivity contribution in [3.8, 4) is 0 Å². The first-order valence-electron chi connectivity index (χ1n) is 6.00. The van der Waals surface area contributed by atoms with Crippen molar-refractivity contribution < 1.29 is 4.79 Å². The molecule has 0 spiro atoms. The normalized spacial score (nSPS) is 14.4. The Balaban J connectivity index is 2.19. The van der Waals surface area contributed by atoms with Crippen molar-refractivity contribution in [2.75, 3.05) is 18.0 Å². The summed E-state index contributed by atoms with van der Waals surface area (Å²) in [6, 6.07) is 6.24. The number of benzene rings is 1. The summed E-state index contributed by atoms with van der Waals surface area (Å²) in [6.07, 6.45) is 6.02. The van der Waals surface area contributed by atoms with Gasteiger partial charge in [0.15, 0.2) is 0 Å². The standard InChI is InChI=1S/C14H18N2O/c1-11(17)16-9-7-13-10-12(4-2-3-8-15)5-6-14(13)16/h2,4-6,10H,3,7-9,15H2,1H3. The van der Waals surface area contributed by atoms with Crippen LogP contribution in [0.2, 0.25) is 0 Å². The highest BCUT2D eigenvalue weighted by Crippen LogP contribution is 2.29. The highest BCUT2D eigenvalue weighted by molar-refractivity contribution is 5.93. The Bertz CT molecular complexity index is 452. The van der Waals surface area contributed by atoms with Crippen LogP contribution in [-0.4, -0.2) is 19.0 Å². The Morgan fingerprint density at radius 1 is 1.53 bits per heavy atom. The lowest BCUT2D eigenvalue weighted by atomic mass is 10.1. The molecule has 1 amide bonds. The predicted octanol–water partition coefficient (Wildman–Crippen LogP) is 1.96. The van der Waals surface area contributed by atoms with Crippen LogP contribution in [0, 0.1) is 0 Å². The van der Waals surface area contributed by atoms with E-state index in [0.717, 1.165) is 25.1 Å². The van der Waals surface area contributed by atoms with Crippen molar-refractivity contribution in [1.82, 2.24) is 0 Å². The SMILES string of the molecule is CC(=O)N1CCc2cc(C=CCCN)ccc21. The number of fused-ring (bicyclic) bond motifs is 1. The van der Waals surface area contributed by atoms with Gasteiger partial charge in [-0.1, -0.05) is 18.2 Å². The molecule has 17 heavy (non-hydrogen) atoms. The fraction of sp³-hybridized carbons (Fsp3) is 0.357. The van der Waals surface area contributed by atoms with E-state index in [1.165, 1.54) is 11.1 Å². The largest absolute Gasteiger partial charge is 0.330 e. The van der Waals surface area contributed by atoms with E-state index in [4.69, 9.17) is 5.73 Å². The van der Waals surface area contributed by atoms with Gasteiger partial charge in [-0.25, -0.2) is 0 Å². The molecule has 0 radical (unpaired) electrons. The maximum absolute atomic E-state index is 11.4. The molecule has 0 saturated heterocycles. The number of amides is 1. The number of carbonyl (C=O) groups excluding carboxylic acids is 1. The first-order chi connectivity index (χ1) is 8.22. The highest BCUT2D eigenvalue weighted by atomic mass is 16.2. The van der Waals surface area contributed by atoms with E-state index in [2.05, 4.69) is 18.2 Å². The minimum Gasteiger partial charge on any atom is -0.330 e. The molecule has 0 saturated carbocycles. The van der Waals surface area contributed by atoms with E-state index in [-0.39, 0.29) is 5.91 Å². The molecule has 0 unspecified atom stereocenters. The third-order valence-electron chi connectivity index (χ3n) is 3.02. The minimum atomic E-state index is 0.121. The van der Waals surface area contributed by atoms with Gasteiger partial charge in [0.2, 0.25) is 5.91 Å². The lowest BCUT2D eigenvalue weighted by Crippen LogP contribution is -2.25. The van der Waals surface area contributed by atoms with E-state index in [1.54, 1.807) is 6.92 Å². The van der Waals surface area contributed by atoms with Crippen molar-refractivity contribution in [2.24, 2.45) is 5.73 Å². The molecule has 1 aromatic carbocycles. The zero-order chi connectivity index (χ0) is 12.3. The molecule has 1 aliphatic rings. The summed E-state index contributed by atoms with van der Waals surface area (Å²) in [5, 5.41) is 0. The van der Waals surface area contributed by atoms with Gasteiger partial charge in [-0.05, 0) is 42.6 Å². The van der Waals surface area contributed by atoms with Gasteiger partial charge in [0.1, 0.15) is 0 Å². The van der Waals surface area contributed by atoms with Crippen molar-refractivity contribution in [2.45, 2.75) is 19.8 Å². The predicted molar refractivity (Wildman–Crippen MR) is 70.9 cm³/mol. The van der Waals surface area contributed by atoms with E-state index in [9.17, 15) is 4.79 Å². The summed E-state index contributed by atoms with van der Waals surface area (Å²) in [5.74, 6) is 0.121. The van der Waals surface area contributed by atoms with E-state index >= 15 is 0 Å². The Morgan fingerprint density at radius 2 is 2.35 bits per heavy atom. The summed E-state index contributed by atoms with van der Waals surface area (Å²) in [6.45, 7) is 3.10. The highest BCUT2D eigenvalue weighted by Gasteiger charge is 2.21. The lowest BCUT2D eigenvalue weighted by molar-refractivity contribution is -0.116. The molecule has 0 fully saturated rings. The molecular formula is C14H18N2O. The van der Waals surface area contributed by atoms with Gasteiger partial charge in [-0.15, -0.1) is 0 Å². The smallest absolute Gasteiger partial charge is 0.223 e. The van der Waals surface area contributed by atoms with Gasteiger partial charge < -0.3 is 10.6 Å². The molecule has 0 aromatic heterocycles. The Labute approximate surface area is 102 Å². The first kappa shape index (κ1) is 11.9. The van der Waals surface area contributed by atoms with Crippen LogP contribution in [0.1, 0.15) is 24.5 Å². The van der Waals surface area contributed by atoms with Gasteiger partial charge in [0, 0.05) is 19.2 Å². The fourth-order valence-electron chi connectivity index (χ4n) is 2.17. The van der Waals surface area contributed by atoms with Crippen LogP contribution in [0.15, 0.2) is 24.3 Å². The zero-order valence-electron chi connectivity index (χ0n) is 10.1. The molecule has 1 aromatic rings. The van der Waals surface area contributed by atoms with E-state index in [1.807, 2.05) is 17.0 Å². The van der Waals surface area contributed by atoms with Gasteiger partial charge in [-0.2, -0.15) is 0 Å². The number of anilines is 1. The molecule has 1 heterocycles. The summed E-state index contributed by atoms with van der Waals surface area (Å²) in [5.41, 5.74) is 8.94. The number of nitrogens with two attached hydrogens (primary N) is 1. The molecule has 90 valence electrons. The minimum absolute atomic E-state index is 0.121. The van der Waals surface area contributed by atoms with Crippen molar-refractivity contribution >= 4 is 17.7 Å². The van der Waals surface area contributed by atoms with Gasteiger partial charge in [0.05, 0.1) is 0 Å². The van der Waals surface area contributed by atoms with Gasteiger partial charge >= 0.3 is 0 Å². The van der Waals surface area contributed by atoms with Gasteiger partial charge in [0.25, 0.3) is 0 Å². The molecule has 0 bridgehead atoms. The summed E-state index contributed by atoms with van der Waals surface area (Å²) >= 11 is 0.